The molecule has 1 saturated heterocycles. The highest BCUT2D eigenvalue weighted by Crippen LogP contribution is 2.29. The Labute approximate surface area is 169 Å². The number of rotatable bonds is 10. The standard InChI is InChI=1S/C22H36N2O4/c1-23(13-17-4-3-5-17)14-18-12-21(27-2)6-7-22(18)28-16-20(26)15-24-10-8-19(25)9-11-24/h6-7,12,17,19-20,25-26H,3-5,8-11,13-16H2,1-2H3/t20-/m1/s1. The third-order valence-electron chi connectivity index (χ3n) is 5.96. The zero-order valence-corrected chi connectivity index (χ0v) is 17.3. The molecule has 0 bridgehead atoms. The van der Waals surface area contributed by atoms with Crippen molar-refractivity contribution in [1.82, 2.24) is 9.80 Å². The van der Waals surface area contributed by atoms with Crippen molar-refractivity contribution in [2.75, 3.05) is 46.9 Å². The summed E-state index contributed by atoms with van der Waals surface area (Å²) in [4.78, 5) is 4.54. The summed E-state index contributed by atoms with van der Waals surface area (Å²) in [7, 11) is 3.83. The number of benzene rings is 1. The van der Waals surface area contributed by atoms with Gasteiger partial charge in [-0.1, -0.05) is 6.42 Å². The molecule has 0 aromatic heterocycles. The fraction of sp³-hybridized carbons (Fsp3) is 0.727. The SMILES string of the molecule is COc1ccc(OC[C@H](O)CN2CCC(O)CC2)c(CN(C)CC2CCC2)c1. The lowest BCUT2D eigenvalue weighted by Crippen LogP contribution is -2.41. The van der Waals surface area contributed by atoms with Gasteiger partial charge in [-0.3, -0.25) is 0 Å². The summed E-state index contributed by atoms with van der Waals surface area (Å²) in [6, 6.07) is 5.88. The molecular weight excluding hydrogens is 356 g/mol. The lowest BCUT2D eigenvalue weighted by Gasteiger charge is -2.31. The van der Waals surface area contributed by atoms with Crippen LogP contribution in [-0.4, -0.2) is 79.2 Å². The summed E-state index contributed by atoms with van der Waals surface area (Å²) >= 11 is 0. The van der Waals surface area contributed by atoms with Crippen molar-refractivity contribution in [3.05, 3.63) is 23.8 Å². The summed E-state index contributed by atoms with van der Waals surface area (Å²) < 4.78 is 11.4. The molecule has 1 aliphatic carbocycles. The monoisotopic (exact) mass is 392 g/mol. The third-order valence-corrected chi connectivity index (χ3v) is 5.96. The molecule has 1 aliphatic heterocycles. The maximum Gasteiger partial charge on any atom is 0.124 e. The van der Waals surface area contributed by atoms with Crippen molar-refractivity contribution in [3.8, 4) is 11.5 Å². The van der Waals surface area contributed by atoms with Gasteiger partial charge >= 0.3 is 0 Å². The number of hydrogen-bond acceptors (Lipinski definition) is 6. The Morgan fingerprint density at radius 3 is 2.61 bits per heavy atom. The Morgan fingerprint density at radius 2 is 1.96 bits per heavy atom. The summed E-state index contributed by atoms with van der Waals surface area (Å²) in [5.41, 5.74) is 1.09. The van der Waals surface area contributed by atoms with Crippen LogP contribution in [0.15, 0.2) is 18.2 Å². The zero-order chi connectivity index (χ0) is 19.9. The molecule has 2 N–H and O–H groups in total. The van der Waals surface area contributed by atoms with Gasteiger partial charge in [0.15, 0.2) is 0 Å². The van der Waals surface area contributed by atoms with Crippen LogP contribution >= 0.6 is 0 Å². The molecule has 6 nitrogen and oxygen atoms in total. The van der Waals surface area contributed by atoms with E-state index in [1.807, 2.05) is 18.2 Å². The fourth-order valence-corrected chi connectivity index (χ4v) is 4.06. The number of methoxy groups -OCH3 is 1. The first-order valence-electron chi connectivity index (χ1n) is 10.6. The highest BCUT2D eigenvalue weighted by molar-refractivity contribution is 5.40. The van der Waals surface area contributed by atoms with Crippen LogP contribution in [0, 0.1) is 5.92 Å². The molecule has 1 saturated carbocycles. The fourth-order valence-electron chi connectivity index (χ4n) is 4.06. The number of likely N-dealkylation sites (tertiary alicyclic amines) is 1. The van der Waals surface area contributed by atoms with E-state index in [0.717, 1.165) is 62.0 Å². The van der Waals surface area contributed by atoms with Crippen LogP contribution in [0.4, 0.5) is 0 Å². The first-order valence-corrected chi connectivity index (χ1v) is 10.6. The van der Waals surface area contributed by atoms with Crippen LogP contribution in [0.3, 0.4) is 0 Å². The van der Waals surface area contributed by atoms with E-state index < -0.39 is 6.10 Å². The molecule has 3 rings (SSSR count). The number of β-amino-alcohol motifs (C(OH)–C–C–N with tert-alkyl or cyclic N) is 1. The first-order chi connectivity index (χ1) is 13.5. The smallest absolute Gasteiger partial charge is 0.124 e. The number of hydrogen-bond donors (Lipinski definition) is 2. The number of aliphatic hydroxyl groups is 2. The van der Waals surface area contributed by atoms with E-state index in [-0.39, 0.29) is 12.7 Å². The quantitative estimate of drug-likeness (QED) is 0.636. The summed E-state index contributed by atoms with van der Waals surface area (Å²) in [6.07, 6.45) is 4.87. The molecule has 6 heteroatoms. The van der Waals surface area contributed by atoms with Crippen molar-refractivity contribution in [3.63, 3.8) is 0 Å². The number of piperidine rings is 1. The molecule has 0 amide bonds. The minimum Gasteiger partial charge on any atom is -0.497 e. The van der Waals surface area contributed by atoms with Gasteiger partial charge < -0.3 is 29.5 Å². The molecule has 28 heavy (non-hydrogen) atoms. The van der Waals surface area contributed by atoms with Crippen molar-refractivity contribution in [1.29, 1.82) is 0 Å². The molecular formula is C22H36N2O4. The topological polar surface area (TPSA) is 65.4 Å². The average Bonchev–Trinajstić information content (AvgIpc) is 2.65. The van der Waals surface area contributed by atoms with E-state index in [9.17, 15) is 10.2 Å². The molecule has 0 radical (unpaired) electrons. The summed E-state index contributed by atoms with van der Waals surface area (Å²) in [5.74, 6) is 2.46. The van der Waals surface area contributed by atoms with Gasteiger partial charge in [0.25, 0.3) is 0 Å². The molecule has 1 atom stereocenters. The highest BCUT2D eigenvalue weighted by atomic mass is 16.5. The molecule has 1 aromatic carbocycles. The van der Waals surface area contributed by atoms with Crippen molar-refractivity contribution in [2.24, 2.45) is 5.92 Å². The molecule has 0 spiro atoms. The Balaban J connectivity index is 1.52. The van der Waals surface area contributed by atoms with Gasteiger partial charge in [-0.05, 0) is 56.8 Å². The second-order valence-corrected chi connectivity index (χ2v) is 8.46. The number of nitrogens with zero attached hydrogens (tertiary/aromatic N) is 2. The van der Waals surface area contributed by atoms with E-state index in [4.69, 9.17) is 9.47 Å². The molecule has 1 aromatic rings. The van der Waals surface area contributed by atoms with Gasteiger partial charge in [0.2, 0.25) is 0 Å². The van der Waals surface area contributed by atoms with Gasteiger partial charge in [-0.25, -0.2) is 0 Å². The van der Waals surface area contributed by atoms with E-state index in [1.165, 1.54) is 19.3 Å². The van der Waals surface area contributed by atoms with Gasteiger partial charge in [0.05, 0.1) is 13.2 Å². The average molecular weight is 393 g/mol. The van der Waals surface area contributed by atoms with Crippen LogP contribution in [0.2, 0.25) is 0 Å². The maximum atomic E-state index is 10.4. The van der Waals surface area contributed by atoms with Gasteiger partial charge in [0, 0.05) is 38.3 Å². The third kappa shape index (κ3) is 6.34. The van der Waals surface area contributed by atoms with E-state index in [1.54, 1.807) is 7.11 Å². The van der Waals surface area contributed by atoms with E-state index in [2.05, 4.69) is 16.8 Å². The molecule has 2 fully saturated rings. The second kappa shape index (κ2) is 10.4. The summed E-state index contributed by atoms with van der Waals surface area (Å²) in [5, 5.41) is 20.0. The number of aliphatic hydroxyl groups excluding tert-OH is 2. The van der Waals surface area contributed by atoms with Crippen molar-refractivity contribution < 1.29 is 19.7 Å². The van der Waals surface area contributed by atoms with Crippen molar-refractivity contribution >= 4 is 0 Å². The van der Waals surface area contributed by atoms with E-state index >= 15 is 0 Å². The minimum atomic E-state index is -0.544. The lowest BCUT2D eigenvalue weighted by molar-refractivity contribution is 0.0335. The van der Waals surface area contributed by atoms with Crippen molar-refractivity contribution in [2.45, 2.75) is 50.9 Å². The minimum absolute atomic E-state index is 0.191. The van der Waals surface area contributed by atoms with Gasteiger partial charge in [-0.2, -0.15) is 0 Å². The number of ether oxygens (including phenoxy) is 2. The van der Waals surface area contributed by atoms with Gasteiger partial charge in [-0.15, -0.1) is 0 Å². The van der Waals surface area contributed by atoms with Crippen LogP contribution in [0.5, 0.6) is 11.5 Å². The Bertz CT molecular complexity index is 600. The van der Waals surface area contributed by atoms with Crippen LogP contribution in [0.1, 0.15) is 37.7 Å². The molecule has 0 unspecified atom stereocenters. The van der Waals surface area contributed by atoms with Crippen LogP contribution < -0.4 is 9.47 Å². The molecule has 158 valence electrons. The van der Waals surface area contributed by atoms with Crippen LogP contribution in [0.25, 0.3) is 0 Å². The van der Waals surface area contributed by atoms with Gasteiger partial charge in [0.1, 0.15) is 24.2 Å². The predicted molar refractivity (Wildman–Crippen MR) is 110 cm³/mol. The Hall–Kier alpha value is -1.34. The Morgan fingerprint density at radius 1 is 1.21 bits per heavy atom. The summed E-state index contributed by atoms with van der Waals surface area (Å²) in [6.45, 7) is 4.43. The maximum absolute atomic E-state index is 10.4. The molecule has 2 aliphatic rings. The first kappa shape index (κ1) is 21.4. The van der Waals surface area contributed by atoms with E-state index in [0.29, 0.717) is 6.54 Å². The van der Waals surface area contributed by atoms with Crippen LogP contribution in [-0.2, 0) is 6.54 Å². The predicted octanol–water partition coefficient (Wildman–Crippen LogP) is 2.12. The highest BCUT2D eigenvalue weighted by Gasteiger charge is 2.21. The normalized spacial score (nSPS) is 20.2. The lowest BCUT2D eigenvalue weighted by atomic mass is 9.85. The molecule has 1 heterocycles. The second-order valence-electron chi connectivity index (χ2n) is 8.46. The largest absolute Gasteiger partial charge is 0.497 e. The zero-order valence-electron chi connectivity index (χ0n) is 17.3. The Kier molecular flexibility index (Phi) is 7.97.